The molecule has 2 atom stereocenters. The molecule has 2 unspecified atom stereocenters. The lowest BCUT2D eigenvalue weighted by molar-refractivity contribution is -0.000311. The van der Waals surface area contributed by atoms with Crippen LogP contribution in [0.25, 0.3) is 0 Å². The van der Waals surface area contributed by atoms with Crippen LogP contribution < -0.4 is 4.74 Å². The lowest BCUT2D eigenvalue weighted by Crippen LogP contribution is -2.19. The zero-order chi connectivity index (χ0) is 19.4. The van der Waals surface area contributed by atoms with Gasteiger partial charge in [0.05, 0.1) is 12.8 Å². The van der Waals surface area contributed by atoms with Crippen LogP contribution in [0, 0.1) is 0 Å². The monoisotopic (exact) mass is 378 g/mol. The molecule has 0 amide bonds. The summed E-state index contributed by atoms with van der Waals surface area (Å²) in [6.45, 7) is 7.71. The molecule has 26 heavy (non-hydrogen) atoms. The predicted molar refractivity (Wildman–Crippen MR) is 102 cm³/mol. The first-order valence-electron chi connectivity index (χ1n) is 8.65. The fraction of sp³-hybridized carbons (Fsp3) is 0.400. The highest BCUT2D eigenvalue weighted by Crippen LogP contribution is 2.45. The van der Waals surface area contributed by atoms with E-state index in [1.807, 2.05) is 48.5 Å². The van der Waals surface area contributed by atoms with E-state index in [-0.39, 0.29) is 18.2 Å². The summed E-state index contributed by atoms with van der Waals surface area (Å²) in [5.74, 6) is 0.615. The van der Waals surface area contributed by atoms with Gasteiger partial charge in [0, 0.05) is 5.41 Å². The van der Waals surface area contributed by atoms with E-state index in [1.165, 1.54) is 0 Å². The molecule has 0 bridgehead atoms. The van der Waals surface area contributed by atoms with Gasteiger partial charge in [-0.2, -0.15) is 0 Å². The van der Waals surface area contributed by atoms with E-state index in [4.69, 9.17) is 9.26 Å². The molecule has 6 heteroatoms. The molecule has 0 aliphatic rings. The van der Waals surface area contributed by atoms with Gasteiger partial charge in [0.2, 0.25) is 0 Å². The van der Waals surface area contributed by atoms with Crippen molar-refractivity contribution in [3.05, 3.63) is 65.2 Å². The highest BCUT2D eigenvalue weighted by molar-refractivity contribution is 7.51. The Labute approximate surface area is 155 Å². The number of aliphatic hydroxyl groups is 1. The first kappa shape index (κ1) is 20.7. The summed E-state index contributed by atoms with van der Waals surface area (Å²) in [6.07, 6.45) is -0.840. The SMILES string of the molecule is CCOP(=O)(O)Cc1ccc(C(C)(C)c2ccc(OC(C)O)cc2)cc1. The molecular formula is C20H27O5P. The van der Waals surface area contributed by atoms with Gasteiger partial charge in [0.25, 0.3) is 0 Å². The second-order valence-electron chi connectivity index (χ2n) is 6.78. The predicted octanol–water partition coefficient (Wildman–Crippen LogP) is 4.45. The molecular weight excluding hydrogens is 351 g/mol. The molecule has 0 fully saturated rings. The number of aliphatic hydroxyl groups excluding tert-OH is 1. The average Bonchev–Trinajstić information content (AvgIpc) is 2.55. The third-order valence-electron chi connectivity index (χ3n) is 4.27. The van der Waals surface area contributed by atoms with E-state index in [2.05, 4.69) is 13.8 Å². The minimum absolute atomic E-state index is 0.00687. The Morgan fingerprint density at radius 3 is 2.00 bits per heavy atom. The summed E-state index contributed by atoms with van der Waals surface area (Å²) in [4.78, 5) is 9.77. The first-order chi connectivity index (χ1) is 12.1. The Morgan fingerprint density at radius 2 is 1.54 bits per heavy atom. The summed E-state index contributed by atoms with van der Waals surface area (Å²) >= 11 is 0. The number of rotatable bonds is 8. The molecule has 0 aliphatic carbocycles. The molecule has 2 aromatic carbocycles. The van der Waals surface area contributed by atoms with Crippen molar-refractivity contribution in [1.29, 1.82) is 0 Å². The molecule has 0 spiro atoms. The molecule has 2 aromatic rings. The Kier molecular flexibility index (Phi) is 6.64. The molecule has 0 saturated carbocycles. The van der Waals surface area contributed by atoms with Gasteiger partial charge in [0.1, 0.15) is 5.75 Å². The van der Waals surface area contributed by atoms with Crippen LogP contribution in [0.5, 0.6) is 5.75 Å². The van der Waals surface area contributed by atoms with Crippen LogP contribution in [0.1, 0.15) is 44.4 Å². The number of benzene rings is 2. The van der Waals surface area contributed by atoms with Crippen LogP contribution in [-0.4, -0.2) is 22.9 Å². The maximum atomic E-state index is 11.9. The van der Waals surface area contributed by atoms with Gasteiger partial charge >= 0.3 is 7.60 Å². The maximum Gasteiger partial charge on any atom is 0.332 e. The van der Waals surface area contributed by atoms with Crippen LogP contribution >= 0.6 is 7.60 Å². The summed E-state index contributed by atoms with van der Waals surface area (Å²) < 4.78 is 22.1. The second kappa shape index (κ2) is 8.36. The van der Waals surface area contributed by atoms with Gasteiger partial charge in [-0.05, 0) is 42.7 Å². The molecule has 0 heterocycles. The Bertz CT molecular complexity index is 751. The summed E-state index contributed by atoms with van der Waals surface area (Å²) in [5.41, 5.74) is 2.72. The van der Waals surface area contributed by atoms with E-state index >= 15 is 0 Å². The van der Waals surface area contributed by atoms with Crippen LogP contribution in [0.4, 0.5) is 0 Å². The van der Waals surface area contributed by atoms with Gasteiger partial charge in [-0.15, -0.1) is 0 Å². The minimum atomic E-state index is -3.58. The highest BCUT2D eigenvalue weighted by atomic mass is 31.2. The highest BCUT2D eigenvalue weighted by Gasteiger charge is 2.24. The molecule has 2 rings (SSSR count). The Hall–Kier alpha value is -1.65. The smallest absolute Gasteiger partial charge is 0.332 e. The summed E-state index contributed by atoms with van der Waals surface area (Å²) in [5, 5.41) is 9.28. The first-order valence-corrected chi connectivity index (χ1v) is 10.4. The lowest BCUT2D eigenvalue weighted by atomic mass is 9.78. The van der Waals surface area contributed by atoms with E-state index < -0.39 is 13.9 Å². The van der Waals surface area contributed by atoms with Gasteiger partial charge in [0.15, 0.2) is 6.29 Å². The van der Waals surface area contributed by atoms with Crippen LogP contribution in [-0.2, 0) is 20.7 Å². The quantitative estimate of drug-likeness (QED) is 0.524. The number of hydrogen-bond acceptors (Lipinski definition) is 4. The van der Waals surface area contributed by atoms with E-state index in [1.54, 1.807) is 13.8 Å². The topological polar surface area (TPSA) is 76.0 Å². The molecule has 0 aliphatic heterocycles. The maximum absolute atomic E-state index is 11.9. The van der Waals surface area contributed by atoms with Gasteiger partial charge < -0.3 is 19.3 Å². The van der Waals surface area contributed by atoms with Crippen molar-refractivity contribution in [3.63, 3.8) is 0 Å². The standard InChI is InChI=1S/C20H27O5P/c1-5-24-26(22,23)14-16-6-8-17(9-7-16)20(3,4)18-10-12-19(13-11-18)25-15(2)21/h6-13,15,21H,5,14H2,1-4H3,(H,22,23). The van der Waals surface area contributed by atoms with Crippen molar-refractivity contribution in [3.8, 4) is 5.75 Å². The Balaban J connectivity index is 2.17. The number of ether oxygens (including phenoxy) is 1. The van der Waals surface area contributed by atoms with Crippen molar-refractivity contribution in [2.45, 2.75) is 45.6 Å². The van der Waals surface area contributed by atoms with Gasteiger partial charge in [-0.25, -0.2) is 0 Å². The third kappa shape index (κ3) is 5.42. The van der Waals surface area contributed by atoms with E-state index in [9.17, 15) is 14.6 Å². The van der Waals surface area contributed by atoms with Crippen LogP contribution in [0.2, 0.25) is 0 Å². The molecule has 0 saturated heterocycles. The van der Waals surface area contributed by atoms with Crippen molar-refractivity contribution < 1.29 is 23.8 Å². The summed E-state index contributed by atoms with van der Waals surface area (Å²) in [7, 11) is -3.58. The van der Waals surface area contributed by atoms with Crippen molar-refractivity contribution in [2.24, 2.45) is 0 Å². The summed E-state index contributed by atoms with van der Waals surface area (Å²) in [6, 6.07) is 15.3. The number of hydrogen-bond donors (Lipinski definition) is 2. The third-order valence-corrected chi connectivity index (χ3v) is 5.70. The molecule has 2 N–H and O–H groups in total. The van der Waals surface area contributed by atoms with Gasteiger partial charge in [-0.3, -0.25) is 4.57 Å². The normalized spacial score (nSPS) is 15.3. The van der Waals surface area contributed by atoms with Crippen LogP contribution in [0.3, 0.4) is 0 Å². The van der Waals surface area contributed by atoms with Crippen molar-refractivity contribution in [2.75, 3.05) is 6.61 Å². The zero-order valence-electron chi connectivity index (χ0n) is 15.7. The van der Waals surface area contributed by atoms with Crippen molar-refractivity contribution in [1.82, 2.24) is 0 Å². The second-order valence-corrected chi connectivity index (χ2v) is 8.63. The largest absolute Gasteiger partial charge is 0.465 e. The molecule has 5 nitrogen and oxygen atoms in total. The van der Waals surface area contributed by atoms with Crippen LogP contribution in [0.15, 0.2) is 48.5 Å². The van der Waals surface area contributed by atoms with E-state index in [0.29, 0.717) is 5.75 Å². The van der Waals surface area contributed by atoms with Gasteiger partial charge in [-0.1, -0.05) is 50.2 Å². The average molecular weight is 378 g/mol. The molecule has 0 radical (unpaired) electrons. The fourth-order valence-corrected chi connectivity index (χ4v) is 3.99. The molecule has 142 valence electrons. The van der Waals surface area contributed by atoms with E-state index in [0.717, 1.165) is 16.7 Å². The Morgan fingerprint density at radius 1 is 1.04 bits per heavy atom. The fourth-order valence-electron chi connectivity index (χ4n) is 2.82. The van der Waals surface area contributed by atoms with Crippen molar-refractivity contribution >= 4 is 7.60 Å². The minimum Gasteiger partial charge on any atom is -0.465 e. The molecule has 0 aromatic heterocycles. The lowest BCUT2D eigenvalue weighted by Gasteiger charge is -2.26. The zero-order valence-corrected chi connectivity index (χ0v) is 16.6.